The van der Waals surface area contributed by atoms with Gasteiger partial charge in [-0.15, -0.1) is 0 Å². The fourth-order valence-electron chi connectivity index (χ4n) is 2.48. The van der Waals surface area contributed by atoms with Gasteiger partial charge in [-0.2, -0.15) is 0 Å². The molecule has 2 aromatic rings. The number of carbonyl (C=O) groups excluding carboxylic acids is 1. The normalized spacial score (nSPS) is 15.5. The van der Waals surface area contributed by atoms with E-state index >= 15 is 0 Å². The molecule has 1 aromatic heterocycles. The lowest BCUT2D eigenvalue weighted by Crippen LogP contribution is -2.28. The van der Waals surface area contributed by atoms with Gasteiger partial charge in [-0.3, -0.25) is 4.79 Å². The minimum Gasteiger partial charge on any atom is -0.399 e. The summed E-state index contributed by atoms with van der Waals surface area (Å²) in [7, 11) is 0. The van der Waals surface area contributed by atoms with E-state index in [2.05, 4.69) is 10.3 Å². The molecule has 5 heteroatoms. The zero-order valence-corrected chi connectivity index (χ0v) is 12.4. The number of benzene rings is 1. The van der Waals surface area contributed by atoms with Gasteiger partial charge in [-0.05, 0) is 49.1 Å². The van der Waals surface area contributed by atoms with Crippen LogP contribution in [0, 0.1) is 6.92 Å². The fraction of sp³-hybridized carbons (Fsp3) is 0.250. The monoisotopic (exact) mass is 301 g/mol. The van der Waals surface area contributed by atoms with Crippen molar-refractivity contribution < 1.29 is 4.79 Å². The standard InChI is InChI=1S/C16H16ClN3O/c1-10-6-9-19-14(17)13(10)20-15(21)16(7-8-16)11-2-4-12(18)5-3-11/h2-6,9H,7-8,18H2,1H3,(H,20,21). The van der Waals surface area contributed by atoms with Gasteiger partial charge in [0.15, 0.2) is 5.15 Å². The first-order valence-corrected chi connectivity index (χ1v) is 7.19. The zero-order valence-electron chi connectivity index (χ0n) is 11.7. The van der Waals surface area contributed by atoms with Crippen LogP contribution in [0.3, 0.4) is 0 Å². The van der Waals surface area contributed by atoms with Gasteiger partial charge in [0.1, 0.15) is 0 Å². The SMILES string of the molecule is Cc1ccnc(Cl)c1NC(=O)C1(c2ccc(N)cc2)CC1. The molecule has 1 aliphatic carbocycles. The number of amides is 1. The number of rotatable bonds is 3. The van der Waals surface area contributed by atoms with E-state index in [-0.39, 0.29) is 5.91 Å². The van der Waals surface area contributed by atoms with Crippen molar-refractivity contribution in [1.29, 1.82) is 0 Å². The maximum atomic E-state index is 12.7. The highest BCUT2D eigenvalue weighted by atomic mass is 35.5. The van der Waals surface area contributed by atoms with Gasteiger partial charge in [-0.25, -0.2) is 4.98 Å². The average molecular weight is 302 g/mol. The second-order valence-corrected chi connectivity index (χ2v) is 5.81. The minimum atomic E-state index is -0.459. The number of nitrogens with one attached hydrogen (secondary N) is 1. The third-order valence-corrected chi connectivity index (χ3v) is 4.29. The molecule has 4 nitrogen and oxygen atoms in total. The summed E-state index contributed by atoms with van der Waals surface area (Å²) in [6, 6.07) is 9.31. The summed E-state index contributed by atoms with van der Waals surface area (Å²) in [5.41, 5.74) is 8.42. The fourth-order valence-corrected chi connectivity index (χ4v) is 2.74. The lowest BCUT2D eigenvalue weighted by atomic mass is 9.94. The first-order valence-electron chi connectivity index (χ1n) is 6.81. The van der Waals surface area contributed by atoms with Gasteiger partial charge in [0.05, 0.1) is 11.1 Å². The molecule has 0 radical (unpaired) electrons. The number of pyridine rings is 1. The van der Waals surface area contributed by atoms with Crippen LogP contribution in [0.1, 0.15) is 24.0 Å². The van der Waals surface area contributed by atoms with Crippen LogP contribution in [0.2, 0.25) is 5.15 Å². The van der Waals surface area contributed by atoms with Crippen LogP contribution in [0.15, 0.2) is 36.5 Å². The quantitative estimate of drug-likeness (QED) is 0.675. The molecule has 1 heterocycles. The van der Waals surface area contributed by atoms with Crippen molar-refractivity contribution in [3.05, 3.63) is 52.8 Å². The Morgan fingerprint density at radius 1 is 1.29 bits per heavy atom. The van der Waals surface area contributed by atoms with Gasteiger partial charge >= 0.3 is 0 Å². The number of halogens is 1. The number of carbonyl (C=O) groups is 1. The van der Waals surface area contributed by atoms with Crippen molar-refractivity contribution >= 4 is 28.9 Å². The summed E-state index contributed by atoms with van der Waals surface area (Å²) >= 11 is 6.07. The lowest BCUT2D eigenvalue weighted by molar-refractivity contribution is -0.118. The Hall–Kier alpha value is -2.07. The smallest absolute Gasteiger partial charge is 0.235 e. The number of aromatic nitrogens is 1. The van der Waals surface area contributed by atoms with E-state index in [0.29, 0.717) is 16.5 Å². The van der Waals surface area contributed by atoms with Gasteiger partial charge < -0.3 is 11.1 Å². The highest BCUT2D eigenvalue weighted by Gasteiger charge is 2.51. The molecule has 3 rings (SSSR count). The summed E-state index contributed by atoms with van der Waals surface area (Å²) in [4.78, 5) is 16.7. The predicted octanol–water partition coefficient (Wildman–Crippen LogP) is 3.30. The molecule has 0 spiro atoms. The number of aryl methyl sites for hydroxylation is 1. The summed E-state index contributed by atoms with van der Waals surface area (Å²) in [6.45, 7) is 1.89. The number of nitrogens with zero attached hydrogens (tertiary/aromatic N) is 1. The maximum Gasteiger partial charge on any atom is 0.235 e. The molecule has 0 bridgehead atoms. The average Bonchev–Trinajstić information content (AvgIpc) is 3.25. The van der Waals surface area contributed by atoms with E-state index in [1.807, 2.05) is 37.3 Å². The van der Waals surface area contributed by atoms with Gasteiger partial charge in [0.25, 0.3) is 0 Å². The van der Waals surface area contributed by atoms with E-state index in [0.717, 1.165) is 24.0 Å². The lowest BCUT2D eigenvalue weighted by Gasteiger charge is -2.17. The van der Waals surface area contributed by atoms with E-state index in [9.17, 15) is 4.79 Å². The molecule has 1 aromatic carbocycles. The molecule has 0 atom stereocenters. The van der Waals surface area contributed by atoms with Crippen LogP contribution in [0.5, 0.6) is 0 Å². The van der Waals surface area contributed by atoms with Crippen molar-refractivity contribution in [2.24, 2.45) is 0 Å². The number of anilines is 2. The van der Waals surface area contributed by atoms with E-state index in [1.165, 1.54) is 0 Å². The van der Waals surface area contributed by atoms with Crippen LogP contribution in [0.4, 0.5) is 11.4 Å². The van der Waals surface area contributed by atoms with Crippen LogP contribution < -0.4 is 11.1 Å². The Balaban J connectivity index is 1.87. The predicted molar refractivity (Wildman–Crippen MR) is 84.4 cm³/mol. The first kappa shape index (κ1) is 13.9. The molecule has 1 amide bonds. The first-order chi connectivity index (χ1) is 10.0. The van der Waals surface area contributed by atoms with Crippen LogP contribution >= 0.6 is 11.6 Å². The molecule has 0 saturated heterocycles. The van der Waals surface area contributed by atoms with Crippen molar-refractivity contribution in [3.63, 3.8) is 0 Å². The van der Waals surface area contributed by atoms with Crippen LogP contribution in [-0.2, 0) is 10.2 Å². The minimum absolute atomic E-state index is 0.0368. The highest BCUT2D eigenvalue weighted by molar-refractivity contribution is 6.32. The largest absolute Gasteiger partial charge is 0.399 e. The Morgan fingerprint density at radius 2 is 1.95 bits per heavy atom. The maximum absolute atomic E-state index is 12.7. The topological polar surface area (TPSA) is 68.0 Å². The third kappa shape index (κ3) is 2.47. The van der Waals surface area contributed by atoms with Crippen molar-refractivity contribution in [1.82, 2.24) is 4.98 Å². The third-order valence-electron chi connectivity index (χ3n) is 4.00. The zero-order chi connectivity index (χ0) is 15.0. The Labute approximate surface area is 128 Å². The van der Waals surface area contributed by atoms with Crippen LogP contribution in [0.25, 0.3) is 0 Å². The second kappa shape index (κ2) is 5.04. The van der Waals surface area contributed by atoms with E-state index < -0.39 is 5.41 Å². The van der Waals surface area contributed by atoms with E-state index in [4.69, 9.17) is 17.3 Å². The van der Waals surface area contributed by atoms with Gasteiger partial charge in [0.2, 0.25) is 5.91 Å². The molecule has 108 valence electrons. The molecule has 1 aliphatic rings. The highest BCUT2D eigenvalue weighted by Crippen LogP contribution is 2.49. The summed E-state index contributed by atoms with van der Waals surface area (Å²) in [6.07, 6.45) is 3.29. The second-order valence-electron chi connectivity index (χ2n) is 5.45. The van der Waals surface area contributed by atoms with Crippen molar-refractivity contribution in [2.75, 3.05) is 11.1 Å². The Kier molecular flexibility index (Phi) is 3.33. The Bertz CT molecular complexity index is 673. The molecular weight excluding hydrogens is 286 g/mol. The van der Waals surface area contributed by atoms with Crippen LogP contribution in [-0.4, -0.2) is 10.9 Å². The van der Waals surface area contributed by atoms with Gasteiger partial charge in [-0.1, -0.05) is 23.7 Å². The molecule has 21 heavy (non-hydrogen) atoms. The summed E-state index contributed by atoms with van der Waals surface area (Å²) < 4.78 is 0. The molecule has 3 N–H and O–H groups in total. The molecule has 1 fully saturated rings. The summed E-state index contributed by atoms with van der Waals surface area (Å²) in [5.74, 6) is -0.0368. The van der Waals surface area contributed by atoms with Gasteiger partial charge in [0, 0.05) is 11.9 Å². The molecule has 1 saturated carbocycles. The number of hydrogen-bond donors (Lipinski definition) is 2. The summed E-state index contributed by atoms with van der Waals surface area (Å²) in [5, 5.41) is 3.25. The van der Waals surface area contributed by atoms with Crippen molar-refractivity contribution in [2.45, 2.75) is 25.2 Å². The van der Waals surface area contributed by atoms with E-state index in [1.54, 1.807) is 6.20 Å². The molecular formula is C16H16ClN3O. The number of nitrogens with two attached hydrogens (primary N) is 1. The Morgan fingerprint density at radius 3 is 2.52 bits per heavy atom. The number of nitrogen functional groups attached to an aromatic ring is 1. The molecule has 0 unspecified atom stereocenters. The number of hydrogen-bond acceptors (Lipinski definition) is 3. The van der Waals surface area contributed by atoms with Crippen molar-refractivity contribution in [3.8, 4) is 0 Å². The molecule has 0 aliphatic heterocycles.